The van der Waals surface area contributed by atoms with Gasteiger partial charge < -0.3 is 15.0 Å². The molecule has 152 valence electrons. The monoisotopic (exact) mass is 411 g/mol. The number of benzene rings is 1. The molecule has 1 saturated heterocycles. The molecule has 11 heteroatoms. The molecule has 0 aromatic heterocycles. The normalized spacial score (nSPS) is 15.2. The standard InChI is InChI=1S/C16H20F3N3O4.ClH/c1-20-9-11-4-6-21(7-5-11)15(23)13-8-12(26-10-16(17,18)19)2-3-14(13)22(24)25;/h2-3,8,11,20H,4-7,9-10H2,1H3;1H. The van der Waals surface area contributed by atoms with Crippen LogP contribution in [-0.4, -0.2) is 55.2 Å². The topological polar surface area (TPSA) is 84.7 Å². The summed E-state index contributed by atoms with van der Waals surface area (Å²) in [7, 11) is 1.84. The highest BCUT2D eigenvalue weighted by atomic mass is 35.5. The van der Waals surface area contributed by atoms with E-state index in [2.05, 4.69) is 10.1 Å². The smallest absolute Gasteiger partial charge is 0.422 e. The summed E-state index contributed by atoms with van der Waals surface area (Å²) in [5.74, 6) is -0.390. The van der Waals surface area contributed by atoms with Gasteiger partial charge in [-0.05, 0) is 44.5 Å². The maximum absolute atomic E-state index is 12.7. The van der Waals surface area contributed by atoms with Crippen LogP contribution in [-0.2, 0) is 0 Å². The molecule has 0 aliphatic carbocycles. The molecule has 0 spiro atoms. The summed E-state index contributed by atoms with van der Waals surface area (Å²) in [6.07, 6.45) is -3.03. The molecule has 1 aliphatic heterocycles. The zero-order chi connectivity index (χ0) is 19.3. The zero-order valence-electron chi connectivity index (χ0n) is 14.6. The summed E-state index contributed by atoms with van der Waals surface area (Å²) in [5.41, 5.74) is -0.714. The molecule has 27 heavy (non-hydrogen) atoms. The first-order chi connectivity index (χ1) is 12.2. The van der Waals surface area contributed by atoms with Gasteiger partial charge in [-0.1, -0.05) is 0 Å². The van der Waals surface area contributed by atoms with Crippen LogP contribution in [0.25, 0.3) is 0 Å². The van der Waals surface area contributed by atoms with Gasteiger partial charge in [0, 0.05) is 19.2 Å². The number of nitrogens with one attached hydrogen (secondary N) is 1. The van der Waals surface area contributed by atoms with E-state index in [-0.39, 0.29) is 23.7 Å². The minimum Gasteiger partial charge on any atom is -0.484 e. The van der Waals surface area contributed by atoms with Gasteiger partial charge in [-0.15, -0.1) is 12.4 Å². The molecule has 1 amide bonds. The molecule has 0 atom stereocenters. The fourth-order valence-electron chi connectivity index (χ4n) is 2.90. The summed E-state index contributed by atoms with van der Waals surface area (Å²) in [4.78, 5) is 24.6. The molecule has 0 radical (unpaired) electrons. The molecule has 1 aliphatic rings. The summed E-state index contributed by atoms with van der Waals surface area (Å²) in [6, 6.07) is 3.05. The molecule has 1 heterocycles. The molecular weight excluding hydrogens is 391 g/mol. The molecule has 0 unspecified atom stereocenters. The van der Waals surface area contributed by atoms with Crippen molar-refractivity contribution in [1.29, 1.82) is 0 Å². The number of rotatable bonds is 6. The Kier molecular flexibility index (Phi) is 8.29. The van der Waals surface area contributed by atoms with Gasteiger partial charge in [0.15, 0.2) is 6.61 Å². The van der Waals surface area contributed by atoms with E-state index >= 15 is 0 Å². The van der Waals surface area contributed by atoms with Crippen molar-refractivity contribution >= 4 is 24.0 Å². The van der Waals surface area contributed by atoms with Crippen molar-refractivity contribution in [2.45, 2.75) is 19.0 Å². The van der Waals surface area contributed by atoms with E-state index in [4.69, 9.17) is 0 Å². The maximum atomic E-state index is 12.7. The Balaban J connectivity index is 0.00000364. The number of alkyl halides is 3. The highest BCUT2D eigenvalue weighted by molar-refractivity contribution is 5.98. The molecular formula is C16H21ClF3N3O4. The Morgan fingerprint density at radius 1 is 1.37 bits per heavy atom. The van der Waals surface area contributed by atoms with Crippen molar-refractivity contribution in [2.75, 3.05) is 33.3 Å². The van der Waals surface area contributed by atoms with E-state index in [1.807, 2.05) is 7.05 Å². The molecule has 1 aromatic rings. The summed E-state index contributed by atoms with van der Waals surface area (Å²) < 4.78 is 41.5. The SMILES string of the molecule is CNCC1CCN(C(=O)c2cc(OCC(F)(F)F)ccc2[N+](=O)[O-])CC1.Cl. The quantitative estimate of drug-likeness (QED) is 0.574. The van der Waals surface area contributed by atoms with Crippen molar-refractivity contribution < 1.29 is 27.6 Å². The van der Waals surface area contributed by atoms with Crippen LogP contribution in [0.1, 0.15) is 23.2 Å². The lowest BCUT2D eigenvalue weighted by atomic mass is 9.96. The average molecular weight is 412 g/mol. The molecule has 1 fully saturated rings. The second-order valence-electron chi connectivity index (χ2n) is 6.13. The fourth-order valence-corrected chi connectivity index (χ4v) is 2.90. The lowest BCUT2D eigenvalue weighted by Crippen LogP contribution is -2.40. The third-order valence-corrected chi connectivity index (χ3v) is 4.19. The number of nitro benzene ring substituents is 1. The van der Waals surface area contributed by atoms with Crippen LogP contribution < -0.4 is 10.1 Å². The number of ether oxygens (including phenoxy) is 1. The number of halogens is 4. The lowest BCUT2D eigenvalue weighted by molar-refractivity contribution is -0.385. The van der Waals surface area contributed by atoms with Gasteiger partial charge in [0.2, 0.25) is 0 Å². The predicted molar refractivity (Wildman–Crippen MR) is 94.4 cm³/mol. The van der Waals surface area contributed by atoms with Crippen molar-refractivity contribution in [2.24, 2.45) is 5.92 Å². The molecule has 1 aromatic carbocycles. The van der Waals surface area contributed by atoms with E-state index in [1.165, 1.54) is 4.90 Å². The summed E-state index contributed by atoms with van der Waals surface area (Å²) >= 11 is 0. The Morgan fingerprint density at radius 2 is 2.00 bits per heavy atom. The highest BCUT2D eigenvalue weighted by Gasteiger charge is 2.31. The fraction of sp³-hybridized carbons (Fsp3) is 0.562. The third kappa shape index (κ3) is 6.55. The summed E-state index contributed by atoms with van der Waals surface area (Å²) in [5, 5.41) is 14.3. The van der Waals surface area contributed by atoms with Crippen LogP contribution in [0.15, 0.2) is 18.2 Å². The molecule has 0 saturated carbocycles. The number of hydrogen-bond donors (Lipinski definition) is 1. The Hall–Kier alpha value is -2.07. The van der Waals surface area contributed by atoms with Crippen LogP contribution in [0.2, 0.25) is 0 Å². The molecule has 1 N–H and O–H groups in total. The van der Waals surface area contributed by atoms with E-state index in [1.54, 1.807) is 0 Å². The number of carbonyl (C=O) groups is 1. The van der Waals surface area contributed by atoms with Crippen LogP contribution in [0, 0.1) is 16.0 Å². The van der Waals surface area contributed by atoms with E-state index in [9.17, 15) is 28.1 Å². The number of amides is 1. The maximum Gasteiger partial charge on any atom is 0.422 e. The number of likely N-dealkylation sites (tertiary alicyclic amines) is 1. The minimum absolute atomic E-state index is 0. The van der Waals surface area contributed by atoms with Gasteiger partial charge in [-0.3, -0.25) is 14.9 Å². The van der Waals surface area contributed by atoms with Crippen LogP contribution in [0.5, 0.6) is 5.75 Å². The van der Waals surface area contributed by atoms with E-state index in [0.29, 0.717) is 19.0 Å². The van der Waals surface area contributed by atoms with E-state index in [0.717, 1.165) is 37.6 Å². The first-order valence-electron chi connectivity index (χ1n) is 8.13. The van der Waals surface area contributed by atoms with Crippen LogP contribution in [0.3, 0.4) is 0 Å². The minimum atomic E-state index is -4.54. The second-order valence-corrected chi connectivity index (χ2v) is 6.13. The van der Waals surface area contributed by atoms with E-state index < -0.39 is 29.3 Å². The van der Waals surface area contributed by atoms with Crippen molar-refractivity contribution in [3.63, 3.8) is 0 Å². The van der Waals surface area contributed by atoms with Crippen LogP contribution >= 0.6 is 12.4 Å². The average Bonchev–Trinajstić information content (AvgIpc) is 2.59. The Bertz CT molecular complexity index is 665. The molecule has 2 rings (SSSR count). The first-order valence-corrected chi connectivity index (χ1v) is 8.13. The number of nitrogens with zero attached hydrogens (tertiary/aromatic N) is 2. The van der Waals surface area contributed by atoms with Gasteiger partial charge in [0.05, 0.1) is 4.92 Å². The first kappa shape index (κ1) is 23.0. The van der Waals surface area contributed by atoms with Gasteiger partial charge in [-0.2, -0.15) is 13.2 Å². The number of hydrogen-bond acceptors (Lipinski definition) is 5. The Labute approximate surface area is 160 Å². The number of piperidine rings is 1. The van der Waals surface area contributed by atoms with Gasteiger partial charge in [-0.25, -0.2) is 0 Å². The predicted octanol–water partition coefficient (Wildman–Crippen LogP) is 3.03. The van der Waals surface area contributed by atoms with Crippen molar-refractivity contribution in [3.8, 4) is 5.75 Å². The largest absolute Gasteiger partial charge is 0.484 e. The van der Waals surface area contributed by atoms with Crippen molar-refractivity contribution in [1.82, 2.24) is 10.2 Å². The van der Waals surface area contributed by atoms with Gasteiger partial charge in [0.1, 0.15) is 11.3 Å². The second kappa shape index (κ2) is 9.75. The van der Waals surface area contributed by atoms with Gasteiger partial charge >= 0.3 is 6.18 Å². The highest BCUT2D eigenvalue weighted by Crippen LogP contribution is 2.28. The van der Waals surface area contributed by atoms with Crippen molar-refractivity contribution in [3.05, 3.63) is 33.9 Å². The van der Waals surface area contributed by atoms with Gasteiger partial charge in [0.25, 0.3) is 11.6 Å². The summed E-state index contributed by atoms with van der Waals surface area (Å²) in [6.45, 7) is 0.169. The zero-order valence-corrected chi connectivity index (χ0v) is 15.4. The molecule has 7 nitrogen and oxygen atoms in total. The van der Waals surface area contributed by atoms with Crippen LogP contribution in [0.4, 0.5) is 18.9 Å². The lowest BCUT2D eigenvalue weighted by Gasteiger charge is -2.32. The Morgan fingerprint density at radius 3 is 2.52 bits per heavy atom. The number of nitro groups is 1. The third-order valence-electron chi connectivity index (χ3n) is 4.19. The molecule has 0 bridgehead atoms. The number of carbonyl (C=O) groups excluding carboxylic acids is 1.